The first kappa shape index (κ1) is 25.4. The average molecular weight is 481 g/mol. The van der Waals surface area contributed by atoms with Crippen LogP contribution >= 0.6 is 0 Å². The van der Waals surface area contributed by atoms with Crippen molar-refractivity contribution < 1.29 is 33.7 Å². The van der Waals surface area contributed by atoms with Gasteiger partial charge < -0.3 is 23.9 Å². The van der Waals surface area contributed by atoms with E-state index in [-0.39, 0.29) is 18.8 Å². The first-order valence-electron chi connectivity index (χ1n) is 10.9. The van der Waals surface area contributed by atoms with Gasteiger partial charge in [-0.1, -0.05) is 30.3 Å². The van der Waals surface area contributed by atoms with Crippen LogP contribution < -0.4 is 10.1 Å². The van der Waals surface area contributed by atoms with Gasteiger partial charge >= 0.3 is 18.0 Å². The maximum Gasteiger partial charge on any atom is 0.412 e. The van der Waals surface area contributed by atoms with Crippen molar-refractivity contribution in [3.8, 4) is 5.75 Å². The van der Waals surface area contributed by atoms with Gasteiger partial charge in [0.2, 0.25) is 0 Å². The summed E-state index contributed by atoms with van der Waals surface area (Å²) in [5, 5.41) is 12.6. The van der Waals surface area contributed by atoms with Gasteiger partial charge in [-0.05, 0) is 50.6 Å². The molecule has 0 spiro atoms. The Labute approximate surface area is 202 Å². The molecule has 0 saturated carbocycles. The number of aliphatic carboxylic acids is 1. The summed E-state index contributed by atoms with van der Waals surface area (Å²) in [7, 11) is 1.52. The van der Waals surface area contributed by atoms with Crippen molar-refractivity contribution in [1.82, 2.24) is 9.88 Å². The van der Waals surface area contributed by atoms with Crippen LogP contribution in [0, 0.1) is 0 Å². The van der Waals surface area contributed by atoms with Gasteiger partial charge in [-0.2, -0.15) is 0 Å². The van der Waals surface area contributed by atoms with Crippen LogP contribution in [-0.4, -0.2) is 40.4 Å². The highest BCUT2D eigenvalue weighted by molar-refractivity contribution is 5.99. The third-order valence-electron chi connectivity index (χ3n) is 4.82. The summed E-state index contributed by atoms with van der Waals surface area (Å²) in [4.78, 5) is 36.5. The molecule has 3 rings (SSSR count). The molecular formula is C26H28N2O7. The summed E-state index contributed by atoms with van der Waals surface area (Å²) in [5.74, 6) is -1.24. The van der Waals surface area contributed by atoms with Crippen molar-refractivity contribution in [2.75, 3.05) is 7.11 Å². The monoisotopic (exact) mass is 480 g/mol. The minimum Gasteiger partial charge on any atom is -0.497 e. The molecule has 184 valence electrons. The van der Waals surface area contributed by atoms with E-state index in [0.29, 0.717) is 22.2 Å². The predicted octanol–water partition coefficient (Wildman–Crippen LogP) is 4.34. The van der Waals surface area contributed by atoms with E-state index < -0.39 is 23.6 Å². The number of nitrogens with zero attached hydrogens (tertiary/aromatic N) is 1. The van der Waals surface area contributed by atoms with E-state index in [1.54, 1.807) is 74.0 Å². The number of carboxylic acids is 1. The van der Waals surface area contributed by atoms with E-state index >= 15 is 0 Å². The number of carbonyl (C=O) groups is 3. The molecule has 0 bridgehead atoms. The number of amides is 1. The summed E-state index contributed by atoms with van der Waals surface area (Å²) in [5.41, 5.74) is 0.859. The van der Waals surface area contributed by atoms with E-state index in [1.165, 1.54) is 13.2 Å². The summed E-state index contributed by atoms with van der Waals surface area (Å²) < 4.78 is 17.5. The lowest BCUT2D eigenvalue weighted by molar-refractivity contribution is -0.155. The van der Waals surface area contributed by atoms with E-state index in [4.69, 9.17) is 14.2 Å². The summed E-state index contributed by atoms with van der Waals surface area (Å²) in [6.45, 7) is 5.24. The van der Waals surface area contributed by atoms with Gasteiger partial charge in [0.05, 0.1) is 7.11 Å². The number of carbonyl (C=O) groups excluding carboxylic acids is 2. The number of rotatable bonds is 8. The number of ether oxygens (including phenoxy) is 3. The van der Waals surface area contributed by atoms with Crippen LogP contribution in [0.25, 0.3) is 17.0 Å². The molecule has 1 heterocycles. The van der Waals surface area contributed by atoms with Crippen LogP contribution in [0.2, 0.25) is 0 Å². The molecule has 9 nitrogen and oxygen atoms in total. The van der Waals surface area contributed by atoms with Crippen molar-refractivity contribution in [2.45, 2.75) is 39.5 Å². The highest BCUT2D eigenvalue weighted by atomic mass is 16.6. The lowest BCUT2D eigenvalue weighted by Crippen LogP contribution is -2.27. The molecule has 1 aromatic heterocycles. The topological polar surface area (TPSA) is 116 Å². The minimum absolute atomic E-state index is 0.00797. The number of hydrogen-bond donors (Lipinski definition) is 2. The quantitative estimate of drug-likeness (QED) is 0.364. The van der Waals surface area contributed by atoms with Crippen molar-refractivity contribution in [2.24, 2.45) is 0 Å². The number of fused-ring (bicyclic) bond motifs is 1. The van der Waals surface area contributed by atoms with Gasteiger partial charge in [-0.25, -0.2) is 9.59 Å². The molecule has 1 amide bonds. The molecule has 0 radical (unpaired) electrons. The number of carboxylic acid groups (broad SMARTS) is 1. The Morgan fingerprint density at radius 2 is 1.80 bits per heavy atom. The average Bonchev–Trinajstić information content (AvgIpc) is 3.12. The second kappa shape index (κ2) is 10.8. The zero-order valence-corrected chi connectivity index (χ0v) is 20.0. The Morgan fingerprint density at radius 1 is 1.09 bits per heavy atom. The van der Waals surface area contributed by atoms with Crippen LogP contribution in [0.1, 0.15) is 31.9 Å². The van der Waals surface area contributed by atoms with Gasteiger partial charge in [0.25, 0.3) is 0 Å². The smallest absolute Gasteiger partial charge is 0.412 e. The van der Waals surface area contributed by atoms with Crippen LogP contribution in [0.4, 0.5) is 4.79 Å². The summed E-state index contributed by atoms with van der Waals surface area (Å²) in [6.07, 6.45) is 2.02. The Bertz CT molecular complexity index is 1250. The maximum atomic E-state index is 12.4. The summed E-state index contributed by atoms with van der Waals surface area (Å²) >= 11 is 0. The molecule has 0 aliphatic rings. The van der Waals surface area contributed by atoms with Gasteiger partial charge in [0.1, 0.15) is 30.2 Å². The van der Waals surface area contributed by atoms with Crippen molar-refractivity contribution >= 4 is 35.0 Å². The fraction of sp³-hybridized carbons (Fsp3) is 0.269. The van der Waals surface area contributed by atoms with E-state index in [2.05, 4.69) is 5.32 Å². The lowest BCUT2D eigenvalue weighted by Gasteiger charge is -2.19. The highest BCUT2D eigenvalue weighted by Crippen LogP contribution is 2.28. The van der Waals surface area contributed by atoms with E-state index in [1.807, 2.05) is 6.07 Å². The fourth-order valence-corrected chi connectivity index (χ4v) is 3.37. The third kappa shape index (κ3) is 7.10. The molecule has 0 saturated heterocycles. The van der Waals surface area contributed by atoms with Crippen LogP contribution in [0.5, 0.6) is 5.75 Å². The Hall–Kier alpha value is -4.27. The Balaban J connectivity index is 1.89. The lowest BCUT2D eigenvalue weighted by atomic mass is 10.1. The van der Waals surface area contributed by atoms with Crippen molar-refractivity contribution in [1.29, 1.82) is 0 Å². The van der Waals surface area contributed by atoms with Gasteiger partial charge in [0, 0.05) is 22.7 Å². The van der Waals surface area contributed by atoms with E-state index in [0.717, 1.165) is 5.56 Å². The highest BCUT2D eigenvalue weighted by Gasteiger charge is 2.19. The SMILES string of the molecule is COc1ccc2c(c1)c(/C=C(/NC(=O)OCc1ccccc1)C(=O)O)cn2CC(=O)OC(C)(C)C. The fourth-order valence-electron chi connectivity index (χ4n) is 3.37. The first-order chi connectivity index (χ1) is 16.6. The Morgan fingerprint density at radius 3 is 2.43 bits per heavy atom. The van der Waals surface area contributed by atoms with Crippen molar-refractivity contribution in [3.05, 3.63) is 71.6 Å². The normalized spacial score (nSPS) is 11.7. The van der Waals surface area contributed by atoms with Crippen LogP contribution in [0.15, 0.2) is 60.4 Å². The number of alkyl carbamates (subject to hydrolysis) is 1. The molecular weight excluding hydrogens is 452 g/mol. The molecule has 0 fully saturated rings. The number of aromatic nitrogens is 1. The zero-order chi connectivity index (χ0) is 25.6. The predicted molar refractivity (Wildman–Crippen MR) is 130 cm³/mol. The number of nitrogens with one attached hydrogen (secondary N) is 1. The number of methoxy groups -OCH3 is 1. The first-order valence-corrected chi connectivity index (χ1v) is 10.9. The molecule has 2 aromatic carbocycles. The van der Waals surface area contributed by atoms with Crippen LogP contribution in [0.3, 0.4) is 0 Å². The number of hydrogen-bond acceptors (Lipinski definition) is 6. The van der Waals surface area contributed by atoms with Gasteiger partial charge in [-0.15, -0.1) is 0 Å². The Kier molecular flexibility index (Phi) is 7.80. The maximum absolute atomic E-state index is 12.4. The molecule has 2 N–H and O–H groups in total. The van der Waals surface area contributed by atoms with Crippen molar-refractivity contribution in [3.63, 3.8) is 0 Å². The van der Waals surface area contributed by atoms with E-state index in [9.17, 15) is 19.5 Å². The van der Waals surface area contributed by atoms with Crippen LogP contribution in [-0.2, 0) is 32.2 Å². The molecule has 3 aromatic rings. The molecule has 35 heavy (non-hydrogen) atoms. The zero-order valence-electron chi connectivity index (χ0n) is 20.0. The third-order valence-corrected chi connectivity index (χ3v) is 4.82. The second-order valence-corrected chi connectivity index (χ2v) is 8.73. The molecule has 0 atom stereocenters. The van der Waals surface area contributed by atoms with Gasteiger partial charge in [0.15, 0.2) is 0 Å². The standard InChI is InChI=1S/C26H28N2O7/c1-26(2,3)35-23(29)15-28-14-18(20-13-19(33-4)10-11-22(20)28)12-21(24(30)31)27-25(32)34-16-17-8-6-5-7-9-17/h5-14H,15-16H2,1-4H3,(H,27,32)(H,30,31)/b21-12+. The second-order valence-electron chi connectivity index (χ2n) is 8.73. The summed E-state index contributed by atoms with van der Waals surface area (Å²) in [6, 6.07) is 14.2. The largest absolute Gasteiger partial charge is 0.497 e. The number of benzene rings is 2. The molecule has 0 aliphatic heterocycles. The molecule has 0 unspecified atom stereocenters. The molecule has 0 aliphatic carbocycles. The van der Waals surface area contributed by atoms with Gasteiger partial charge in [-0.3, -0.25) is 10.1 Å². The molecule has 9 heteroatoms. The number of esters is 1. The minimum atomic E-state index is -1.35.